The molecule has 0 aliphatic carbocycles. The van der Waals surface area contributed by atoms with Gasteiger partial charge in [0.2, 0.25) is 11.8 Å². The van der Waals surface area contributed by atoms with Gasteiger partial charge in [0.25, 0.3) is 0 Å². The summed E-state index contributed by atoms with van der Waals surface area (Å²) >= 11 is 0. The smallest absolute Gasteiger partial charge is 0.249 e. The van der Waals surface area contributed by atoms with Crippen LogP contribution in [0.2, 0.25) is 0 Å². The van der Waals surface area contributed by atoms with Gasteiger partial charge in [-0.3, -0.25) is 14.9 Å². The van der Waals surface area contributed by atoms with Gasteiger partial charge in [0.1, 0.15) is 23.4 Å². The van der Waals surface area contributed by atoms with Crippen LogP contribution >= 0.6 is 0 Å². The molecule has 0 radical (unpaired) electrons. The number of piperazine rings is 1. The molecule has 5 nitrogen and oxygen atoms in total. The topological polar surface area (TPSA) is 61.4 Å². The summed E-state index contributed by atoms with van der Waals surface area (Å²) in [6.07, 6.45) is 0.344. The number of amides is 2. The van der Waals surface area contributed by atoms with Gasteiger partial charge in [-0.1, -0.05) is 6.92 Å². The molecule has 1 saturated heterocycles. The van der Waals surface area contributed by atoms with Crippen LogP contribution in [0.25, 0.3) is 0 Å². The molecular weight excluding hydrogens is 280 g/mol. The van der Waals surface area contributed by atoms with E-state index in [1.54, 1.807) is 14.0 Å². The summed E-state index contributed by atoms with van der Waals surface area (Å²) < 4.78 is 28.5. The standard InChI is InChI=1S/C14H17F2N3O2/c1-3-11-14(21)18-12(20)7-19(11)13-9(15)4-8(6-17-2)5-10(13)16/h4-5,11,17H,3,6-7H2,1-2H3,(H,18,20,21). The molecule has 2 N–H and O–H groups in total. The van der Waals surface area contributed by atoms with Crippen molar-refractivity contribution in [3.8, 4) is 0 Å². The number of rotatable bonds is 4. The second-order valence-corrected chi connectivity index (χ2v) is 4.90. The van der Waals surface area contributed by atoms with Gasteiger partial charge in [0, 0.05) is 6.54 Å². The van der Waals surface area contributed by atoms with E-state index < -0.39 is 29.5 Å². The minimum absolute atomic E-state index is 0.247. The van der Waals surface area contributed by atoms with Crippen LogP contribution in [0.4, 0.5) is 14.5 Å². The maximum absolute atomic E-state index is 14.2. The fourth-order valence-corrected chi connectivity index (χ4v) is 2.51. The highest BCUT2D eigenvalue weighted by Gasteiger charge is 2.35. The average Bonchev–Trinajstić information content (AvgIpc) is 2.37. The first kappa shape index (κ1) is 15.4. The predicted molar refractivity (Wildman–Crippen MR) is 73.7 cm³/mol. The van der Waals surface area contributed by atoms with Crippen LogP contribution in [0.1, 0.15) is 18.9 Å². The second-order valence-electron chi connectivity index (χ2n) is 4.90. The lowest BCUT2D eigenvalue weighted by Crippen LogP contribution is -2.58. The molecule has 114 valence electrons. The van der Waals surface area contributed by atoms with Gasteiger partial charge in [0.15, 0.2) is 0 Å². The van der Waals surface area contributed by atoms with Crippen molar-refractivity contribution in [2.75, 3.05) is 18.5 Å². The number of carbonyl (C=O) groups is 2. The first-order valence-corrected chi connectivity index (χ1v) is 6.70. The van der Waals surface area contributed by atoms with Gasteiger partial charge in [-0.25, -0.2) is 8.78 Å². The lowest BCUT2D eigenvalue weighted by Gasteiger charge is -2.35. The summed E-state index contributed by atoms with van der Waals surface area (Å²) in [5.74, 6) is -2.66. The van der Waals surface area contributed by atoms with Crippen molar-refractivity contribution >= 4 is 17.5 Å². The number of nitrogens with one attached hydrogen (secondary N) is 2. The number of hydrogen-bond donors (Lipinski definition) is 2. The van der Waals surface area contributed by atoms with E-state index in [0.29, 0.717) is 18.5 Å². The Bertz CT molecular complexity index is 554. The Morgan fingerprint density at radius 3 is 2.48 bits per heavy atom. The zero-order valence-electron chi connectivity index (χ0n) is 11.9. The van der Waals surface area contributed by atoms with Gasteiger partial charge in [0.05, 0.1) is 6.54 Å². The monoisotopic (exact) mass is 297 g/mol. The second kappa shape index (κ2) is 6.17. The van der Waals surface area contributed by atoms with Crippen LogP contribution in [0, 0.1) is 11.6 Å². The van der Waals surface area contributed by atoms with Crippen molar-refractivity contribution in [2.45, 2.75) is 25.9 Å². The van der Waals surface area contributed by atoms with E-state index >= 15 is 0 Å². The maximum atomic E-state index is 14.2. The SMILES string of the molecule is CCC1C(=O)NC(=O)CN1c1c(F)cc(CNC)cc1F. The van der Waals surface area contributed by atoms with Crippen LogP contribution in [0.3, 0.4) is 0 Å². The molecule has 0 saturated carbocycles. The number of hydrogen-bond acceptors (Lipinski definition) is 4. The number of imide groups is 1. The van der Waals surface area contributed by atoms with E-state index in [0.717, 1.165) is 0 Å². The number of halogens is 2. The lowest BCUT2D eigenvalue weighted by atomic mass is 10.1. The number of nitrogens with zero attached hydrogens (tertiary/aromatic N) is 1. The highest BCUT2D eigenvalue weighted by molar-refractivity contribution is 6.04. The Labute approximate surface area is 121 Å². The summed E-state index contributed by atoms with van der Waals surface area (Å²) in [5, 5.41) is 4.98. The first-order valence-electron chi connectivity index (χ1n) is 6.70. The van der Waals surface area contributed by atoms with Crippen molar-refractivity contribution in [3.05, 3.63) is 29.3 Å². The van der Waals surface area contributed by atoms with Crippen LogP contribution < -0.4 is 15.5 Å². The van der Waals surface area contributed by atoms with Crippen LogP contribution in [-0.4, -0.2) is 31.4 Å². The molecule has 2 rings (SSSR count). The summed E-state index contributed by atoms with van der Waals surface area (Å²) in [6.45, 7) is 1.80. The molecule has 1 atom stereocenters. The third-order valence-electron chi connectivity index (χ3n) is 3.39. The van der Waals surface area contributed by atoms with Gasteiger partial charge in [-0.2, -0.15) is 0 Å². The fourth-order valence-electron chi connectivity index (χ4n) is 2.51. The number of carbonyl (C=O) groups excluding carboxylic acids is 2. The summed E-state index contributed by atoms with van der Waals surface area (Å²) in [6, 6.07) is 1.65. The molecule has 0 bridgehead atoms. The van der Waals surface area contributed by atoms with E-state index in [1.165, 1.54) is 17.0 Å². The average molecular weight is 297 g/mol. The lowest BCUT2D eigenvalue weighted by molar-refractivity contribution is -0.132. The summed E-state index contributed by atoms with van der Waals surface area (Å²) in [4.78, 5) is 24.5. The van der Waals surface area contributed by atoms with Crippen molar-refractivity contribution < 1.29 is 18.4 Å². The highest BCUT2D eigenvalue weighted by atomic mass is 19.1. The van der Waals surface area contributed by atoms with E-state index in [4.69, 9.17) is 0 Å². The molecule has 1 aliphatic heterocycles. The fraction of sp³-hybridized carbons (Fsp3) is 0.429. The Morgan fingerprint density at radius 2 is 1.95 bits per heavy atom. The summed E-state index contributed by atoms with van der Waals surface area (Å²) in [7, 11) is 1.67. The zero-order chi connectivity index (χ0) is 15.6. The maximum Gasteiger partial charge on any atom is 0.249 e. The molecular formula is C14H17F2N3O2. The molecule has 21 heavy (non-hydrogen) atoms. The zero-order valence-corrected chi connectivity index (χ0v) is 11.9. The summed E-state index contributed by atoms with van der Waals surface area (Å²) in [5.41, 5.74) is 0.127. The molecule has 0 spiro atoms. The van der Waals surface area contributed by atoms with Gasteiger partial charge >= 0.3 is 0 Å². The minimum atomic E-state index is -0.777. The number of benzene rings is 1. The molecule has 1 fully saturated rings. The number of anilines is 1. The minimum Gasteiger partial charge on any atom is -0.345 e. The quantitative estimate of drug-likeness (QED) is 0.812. The van der Waals surface area contributed by atoms with Crippen LogP contribution in [0.5, 0.6) is 0 Å². The molecule has 0 aromatic heterocycles. The molecule has 7 heteroatoms. The van der Waals surface area contributed by atoms with Gasteiger partial charge in [-0.15, -0.1) is 0 Å². The molecule has 1 aromatic carbocycles. The van der Waals surface area contributed by atoms with Gasteiger partial charge in [-0.05, 0) is 31.2 Å². The van der Waals surface area contributed by atoms with Crippen LogP contribution in [-0.2, 0) is 16.1 Å². The third-order valence-corrected chi connectivity index (χ3v) is 3.39. The highest BCUT2D eigenvalue weighted by Crippen LogP contribution is 2.28. The van der Waals surface area contributed by atoms with E-state index in [9.17, 15) is 18.4 Å². The Hall–Kier alpha value is -2.02. The van der Waals surface area contributed by atoms with E-state index in [-0.39, 0.29) is 12.2 Å². The van der Waals surface area contributed by atoms with E-state index in [2.05, 4.69) is 10.6 Å². The largest absolute Gasteiger partial charge is 0.345 e. The molecule has 1 aromatic rings. The van der Waals surface area contributed by atoms with Crippen molar-refractivity contribution in [2.24, 2.45) is 0 Å². The Kier molecular flexibility index (Phi) is 4.52. The third kappa shape index (κ3) is 3.02. The predicted octanol–water partition coefficient (Wildman–Crippen LogP) is 0.926. The molecule has 1 unspecified atom stereocenters. The molecule has 1 heterocycles. The normalized spacial score (nSPS) is 18.9. The van der Waals surface area contributed by atoms with Gasteiger partial charge < -0.3 is 10.2 Å². The van der Waals surface area contributed by atoms with Crippen LogP contribution in [0.15, 0.2) is 12.1 Å². The Morgan fingerprint density at radius 1 is 1.33 bits per heavy atom. The molecule has 1 aliphatic rings. The van der Waals surface area contributed by atoms with Crippen molar-refractivity contribution in [1.82, 2.24) is 10.6 Å². The van der Waals surface area contributed by atoms with Crippen molar-refractivity contribution in [3.63, 3.8) is 0 Å². The first-order chi connectivity index (χ1) is 9.97. The van der Waals surface area contributed by atoms with Crippen molar-refractivity contribution in [1.29, 1.82) is 0 Å². The van der Waals surface area contributed by atoms with E-state index in [1.807, 2.05) is 0 Å². The Balaban J connectivity index is 2.43. The molecule has 2 amide bonds.